The summed E-state index contributed by atoms with van der Waals surface area (Å²) < 4.78 is 32.2. The minimum absolute atomic E-state index is 0.0353. The van der Waals surface area contributed by atoms with Gasteiger partial charge in [-0.15, -0.1) is 0 Å². The number of halogens is 1. The molecule has 2 N–H and O–H groups in total. The number of alkyl halides is 1. The van der Waals surface area contributed by atoms with Crippen LogP contribution < -0.4 is 16.1 Å². The summed E-state index contributed by atoms with van der Waals surface area (Å²) >= 11 is 0. The van der Waals surface area contributed by atoms with Crippen molar-refractivity contribution < 1.29 is 28.0 Å². The highest BCUT2D eigenvalue weighted by molar-refractivity contribution is 6.62. The summed E-state index contributed by atoms with van der Waals surface area (Å²) in [4.78, 5) is 26.7. The molecular weight excluding hydrogens is 428 g/mol. The van der Waals surface area contributed by atoms with E-state index in [0.717, 1.165) is 0 Å². The molecule has 2 aliphatic rings. The Morgan fingerprint density at radius 3 is 2.30 bits per heavy atom. The van der Waals surface area contributed by atoms with E-state index >= 15 is 0 Å². The second kappa shape index (κ2) is 8.79. The van der Waals surface area contributed by atoms with Crippen molar-refractivity contribution in [3.05, 3.63) is 23.8 Å². The van der Waals surface area contributed by atoms with Crippen molar-refractivity contribution in [1.29, 1.82) is 0 Å². The number of amides is 2. The molecule has 0 aromatic heterocycles. The summed E-state index contributed by atoms with van der Waals surface area (Å²) in [5.41, 5.74) is -0.0924. The van der Waals surface area contributed by atoms with E-state index < -0.39 is 48.1 Å². The number of carbonyl (C=O) groups is 2. The molecule has 0 saturated carbocycles. The zero-order valence-corrected chi connectivity index (χ0v) is 20.7. The van der Waals surface area contributed by atoms with Gasteiger partial charge in [-0.25, -0.2) is 9.18 Å². The first-order valence-electron chi connectivity index (χ1n) is 11.2. The zero-order chi connectivity index (χ0) is 24.8. The highest BCUT2D eigenvalue weighted by Gasteiger charge is 2.51. The van der Waals surface area contributed by atoms with E-state index in [1.807, 2.05) is 33.8 Å². The second-order valence-corrected chi connectivity index (χ2v) is 10.6. The monoisotopic (exact) mass is 463 g/mol. The largest absolute Gasteiger partial charge is 0.494 e. The van der Waals surface area contributed by atoms with E-state index in [1.165, 1.54) is 4.90 Å². The van der Waals surface area contributed by atoms with Gasteiger partial charge in [-0.2, -0.15) is 0 Å². The van der Waals surface area contributed by atoms with E-state index in [2.05, 4.69) is 10.6 Å². The van der Waals surface area contributed by atoms with E-state index in [1.54, 1.807) is 40.0 Å². The molecule has 182 valence electrons. The number of likely N-dealkylation sites (tertiary alicyclic amines) is 1. The van der Waals surface area contributed by atoms with Crippen LogP contribution in [-0.2, 0) is 14.0 Å². The van der Waals surface area contributed by atoms with Crippen LogP contribution in [0.1, 0.15) is 58.8 Å². The van der Waals surface area contributed by atoms with Crippen molar-refractivity contribution in [2.75, 3.05) is 25.5 Å². The summed E-state index contributed by atoms with van der Waals surface area (Å²) in [6.45, 7) is 13.0. The van der Waals surface area contributed by atoms with Crippen LogP contribution in [0, 0.1) is 0 Å². The summed E-state index contributed by atoms with van der Waals surface area (Å²) in [6, 6.07) is 4.46. The van der Waals surface area contributed by atoms with Crippen LogP contribution in [0.25, 0.3) is 0 Å². The molecule has 2 amide bonds. The van der Waals surface area contributed by atoms with Gasteiger partial charge in [0.25, 0.3) is 5.91 Å². The van der Waals surface area contributed by atoms with Gasteiger partial charge in [0, 0.05) is 19.3 Å². The first-order chi connectivity index (χ1) is 15.1. The Bertz CT molecular complexity index is 902. The zero-order valence-electron chi connectivity index (χ0n) is 20.7. The third-order valence-electron chi connectivity index (χ3n) is 6.30. The third kappa shape index (κ3) is 5.43. The van der Waals surface area contributed by atoms with Crippen LogP contribution in [0.2, 0.25) is 0 Å². The average molecular weight is 463 g/mol. The summed E-state index contributed by atoms with van der Waals surface area (Å²) in [5, 5.41) is 5.73. The molecule has 1 aromatic carbocycles. The molecule has 8 nitrogen and oxygen atoms in total. The second-order valence-electron chi connectivity index (χ2n) is 10.6. The van der Waals surface area contributed by atoms with Crippen LogP contribution in [0.15, 0.2) is 18.2 Å². The Balaban J connectivity index is 1.75. The number of carbonyl (C=O) groups excluding carboxylic acids is 2. The smallest absolute Gasteiger partial charge is 0.444 e. The Kier molecular flexibility index (Phi) is 6.74. The number of nitrogens with one attached hydrogen (secondary N) is 2. The van der Waals surface area contributed by atoms with Gasteiger partial charge in [0.15, 0.2) is 0 Å². The summed E-state index contributed by atoms with van der Waals surface area (Å²) in [7, 11) is 1.08. The number of hydrogen-bond acceptors (Lipinski definition) is 6. The predicted octanol–water partition coefficient (Wildman–Crippen LogP) is 2.71. The minimum Gasteiger partial charge on any atom is -0.444 e. The van der Waals surface area contributed by atoms with Gasteiger partial charge in [-0.1, -0.05) is 6.07 Å². The van der Waals surface area contributed by atoms with Crippen LogP contribution in [0.3, 0.4) is 0 Å². The Morgan fingerprint density at radius 2 is 1.76 bits per heavy atom. The van der Waals surface area contributed by atoms with E-state index in [0.29, 0.717) is 16.7 Å². The Labute approximate surface area is 195 Å². The van der Waals surface area contributed by atoms with Crippen molar-refractivity contribution >= 4 is 30.3 Å². The molecule has 0 aliphatic carbocycles. The van der Waals surface area contributed by atoms with Crippen LogP contribution in [0.5, 0.6) is 0 Å². The lowest BCUT2D eigenvalue weighted by molar-refractivity contribution is 0.00578. The minimum atomic E-state index is -1.40. The standard InChI is InChI=1S/C23H35BFN3O5/c1-21(2,3)31-20(30)28-12-16(25)18(13-28)27-19(29)15-11-14(9-10-17(15)26-8)24-32-22(4,5)23(6,7)33-24/h9-11,16,18,26H,12-13H2,1-8H3,(H,27,29)/t16-,18-/m1/s1. The van der Waals surface area contributed by atoms with Gasteiger partial charge in [0.2, 0.25) is 0 Å². The first kappa shape index (κ1) is 25.3. The van der Waals surface area contributed by atoms with E-state index in [9.17, 15) is 14.0 Å². The average Bonchev–Trinajstić information content (AvgIpc) is 3.15. The third-order valence-corrected chi connectivity index (χ3v) is 6.30. The van der Waals surface area contributed by atoms with Crippen molar-refractivity contribution in [2.45, 2.75) is 77.5 Å². The predicted molar refractivity (Wildman–Crippen MR) is 126 cm³/mol. The highest BCUT2D eigenvalue weighted by atomic mass is 19.1. The van der Waals surface area contributed by atoms with Gasteiger partial charge in [-0.3, -0.25) is 4.79 Å². The molecule has 0 radical (unpaired) electrons. The van der Waals surface area contributed by atoms with Crippen LogP contribution >= 0.6 is 0 Å². The maximum Gasteiger partial charge on any atom is 0.494 e. The number of nitrogens with zero attached hydrogens (tertiary/aromatic N) is 1. The topological polar surface area (TPSA) is 89.1 Å². The maximum atomic E-state index is 14.7. The molecule has 2 heterocycles. The molecule has 3 rings (SSSR count). The van der Waals surface area contributed by atoms with Gasteiger partial charge in [-0.05, 0) is 66.1 Å². The van der Waals surface area contributed by atoms with Crippen molar-refractivity contribution in [3.8, 4) is 0 Å². The van der Waals surface area contributed by atoms with Crippen molar-refractivity contribution in [2.24, 2.45) is 0 Å². The SMILES string of the molecule is CNc1ccc(B2OC(C)(C)C(C)(C)O2)cc1C(=O)N[C@@H]1CN(C(=O)OC(C)(C)C)C[C@H]1F. The number of ether oxygens (including phenoxy) is 1. The fraction of sp³-hybridized carbons (Fsp3) is 0.652. The number of benzene rings is 1. The summed E-state index contributed by atoms with van der Waals surface area (Å²) in [6.07, 6.45) is -1.99. The Hall–Kier alpha value is -2.33. The normalized spacial score (nSPS) is 24.0. The molecule has 0 unspecified atom stereocenters. The van der Waals surface area contributed by atoms with Gasteiger partial charge < -0.3 is 29.6 Å². The van der Waals surface area contributed by atoms with E-state index in [4.69, 9.17) is 14.0 Å². The lowest BCUT2D eigenvalue weighted by atomic mass is 9.78. The van der Waals surface area contributed by atoms with Crippen LogP contribution in [-0.4, -0.2) is 73.2 Å². The lowest BCUT2D eigenvalue weighted by Crippen LogP contribution is -2.43. The molecule has 33 heavy (non-hydrogen) atoms. The van der Waals surface area contributed by atoms with Crippen molar-refractivity contribution in [1.82, 2.24) is 10.2 Å². The molecule has 2 atom stereocenters. The van der Waals surface area contributed by atoms with Crippen LogP contribution in [0.4, 0.5) is 14.9 Å². The quantitative estimate of drug-likeness (QED) is 0.668. The summed E-state index contributed by atoms with van der Waals surface area (Å²) in [5.74, 6) is -0.448. The number of rotatable bonds is 4. The molecule has 2 fully saturated rings. The fourth-order valence-corrected chi connectivity index (χ4v) is 3.72. The molecule has 2 aliphatic heterocycles. The molecule has 1 aromatic rings. The molecule has 0 spiro atoms. The van der Waals surface area contributed by atoms with Gasteiger partial charge in [0.05, 0.1) is 29.4 Å². The van der Waals surface area contributed by atoms with Crippen molar-refractivity contribution in [3.63, 3.8) is 0 Å². The maximum absolute atomic E-state index is 14.7. The highest BCUT2D eigenvalue weighted by Crippen LogP contribution is 2.36. The molecule has 0 bridgehead atoms. The molecular formula is C23H35BFN3O5. The van der Waals surface area contributed by atoms with Gasteiger partial charge >= 0.3 is 13.2 Å². The molecule has 10 heteroatoms. The van der Waals surface area contributed by atoms with E-state index in [-0.39, 0.29) is 13.1 Å². The lowest BCUT2D eigenvalue weighted by Gasteiger charge is -2.32. The number of hydrogen-bond donors (Lipinski definition) is 2. The number of anilines is 1. The van der Waals surface area contributed by atoms with Gasteiger partial charge in [0.1, 0.15) is 11.8 Å². The fourth-order valence-electron chi connectivity index (χ4n) is 3.72. The molecule has 2 saturated heterocycles. The first-order valence-corrected chi connectivity index (χ1v) is 11.2. The Morgan fingerprint density at radius 1 is 1.15 bits per heavy atom.